The summed E-state index contributed by atoms with van der Waals surface area (Å²) in [6.07, 6.45) is 0. The Labute approximate surface area is 859 Å². The zero-order valence-corrected chi connectivity index (χ0v) is 80.6. The Hall–Kier alpha value is -20.4. The van der Waals surface area contributed by atoms with Crippen molar-refractivity contribution in [3.8, 4) is 158 Å². The third kappa shape index (κ3) is 16.0. The van der Waals surface area contributed by atoms with Crippen LogP contribution < -0.4 is 0 Å². The van der Waals surface area contributed by atoms with Crippen LogP contribution in [0.1, 0.15) is 0 Å². The highest BCUT2D eigenvalue weighted by atomic mass is 16.3. The van der Waals surface area contributed by atoms with Crippen LogP contribution in [0, 0.1) is 0 Å². The number of nitrogens with zero attached hydrogens (tertiary/aromatic N) is 9. The lowest BCUT2D eigenvalue weighted by molar-refractivity contribution is 0.668. The van der Waals surface area contributed by atoms with E-state index in [4.69, 9.17) is 62.5 Å². The van der Waals surface area contributed by atoms with Gasteiger partial charge in [-0.05, 0) is 200 Å². The Morgan fingerprint density at radius 1 is 0.107 bits per heavy atom. The largest absolute Gasteiger partial charge is 0.456 e. The predicted molar refractivity (Wildman–Crippen MR) is 612 cm³/mol. The number of benzene rings is 23. The molecule has 7 aromatic heterocycles. The molecule has 0 radical (unpaired) electrons. The minimum atomic E-state index is 0.596. The molecular formula is C137H83N9O4. The van der Waals surface area contributed by atoms with Gasteiger partial charge in [-0.15, -0.1) is 0 Å². The highest BCUT2D eigenvalue weighted by Gasteiger charge is 2.26. The molecule has 0 amide bonds. The van der Waals surface area contributed by atoms with E-state index in [0.29, 0.717) is 52.4 Å². The maximum absolute atomic E-state index is 6.26. The summed E-state index contributed by atoms with van der Waals surface area (Å²) in [7, 11) is 0. The lowest BCUT2D eigenvalue weighted by atomic mass is 9.92. The molecule has 150 heavy (non-hydrogen) atoms. The molecule has 0 aliphatic rings. The molecule has 0 N–H and O–H groups in total. The standard InChI is InChI=1S/2C47H29N3O.C43H25N3O2/c1-2-10-30(11-3-1)32-18-21-33(22-19-32)45-48-46(36-23-20-31-12-4-5-13-34(31)28-36)50-47(49-45)41-26-25-37(38-14-6-7-15-39(38)41)35-24-27-44-42(29-35)40-16-8-9-17-43(40)51-44;1-2-10-30(11-3-1)32-18-21-33(22-19-32)45-48-46(36-23-20-31-12-4-5-13-34(31)28-36)50-47(49-45)42-27-26-37(38-14-6-7-15-39(38)42)35-24-25-41-40-16-8-9-17-43(40)51-44(41)29-35;1-2-12-26(13-3-1)41-44-42(46-43(45-41)34-19-11-23-38-40(34)33-17-7-9-21-36(33)48-38)31-25-24-29(27-14-4-5-15-28(27)31)30-18-10-22-37-39(30)32-16-6-8-20-35(32)47-37/h2*1-29H;1-25H. The van der Waals surface area contributed by atoms with Gasteiger partial charge in [0.2, 0.25) is 0 Å². The second kappa shape index (κ2) is 37.1. The van der Waals surface area contributed by atoms with Crippen molar-refractivity contribution in [2.45, 2.75) is 0 Å². The molecule has 0 unspecified atom stereocenters. The molecule has 0 bridgehead atoms. The lowest BCUT2D eigenvalue weighted by Gasteiger charge is -2.14. The average molecular weight is 1920 g/mol. The zero-order valence-electron chi connectivity index (χ0n) is 80.6. The fourth-order valence-electron chi connectivity index (χ4n) is 21.4. The third-order valence-corrected chi connectivity index (χ3v) is 28.7. The van der Waals surface area contributed by atoms with E-state index < -0.39 is 0 Å². The van der Waals surface area contributed by atoms with E-state index in [1.807, 2.05) is 115 Å². The van der Waals surface area contributed by atoms with E-state index in [1.54, 1.807) is 0 Å². The summed E-state index contributed by atoms with van der Waals surface area (Å²) in [5, 5.41) is 19.9. The number of aromatic nitrogens is 9. The van der Waals surface area contributed by atoms with Gasteiger partial charge in [0.1, 0.15) is 44.7 Å². The fourth-order valence-corrected chi connectivity index (χ4v) is 21.4. The van der Waals surface area contributed by atoms with Gasteiger partial charge in [0.15, 0.2) is 52.4 Å². The summed E-state index contributed by atoms with van der Waals surface area (Å²) in [5.74, 6) is 5.62. The van der Waals surface area contributed by atoms with Gasteiger partial charge in [-0.25, -0.2) is 44.9 Å². The Kier molecular flexibility index (Phi) is 21.6. The van der Waals surface area contributed by atoms with E-state index >= 15 is 0 Å². The highest BCUT2D eigenvalue weighted by molar-refractivity contribution is 6.18. The summed E-state index contributed by atoms with van der Waals surface area (Å²) in [6, 6.07) is 174. The first-order chi connectivity index (χ1) is 74.3. The third-order valence-electron chi connectivity index (χ3n) is 28.7. The molecule has 13 heteroatoms. The summed E-state index contributed by atoms with van der Waals surface area (Å²) in [4.78, 5) is 46.1. The number of hydrogen-bond acceptors (Lipinski definition) is 13. The molecule has 0 aliphatic heterocycles. The van der Waals surface area contributed by atoms with Crippen LogP contribution in [0.25, 0.3) is 300 Å². The number of fused-ring (bicyclic) bond motifs is 17. The predicted octanol–water partition coefficient (Wildman–Crippen LogP) is 36.3. The SMILES string of the molecule is c1ccc(-c2ccc(-c3nc(-c4ccc5ccccc5c4)nc(-c4ccc(-c5ccc6c(c5)oc5ccccc56)c5ccccc45)n3)cc2)cc1.c1ccc(-c2ccc(-c3nc(-c4ccc5ccccc5c4)nc(-c4ccc(-c5ccc6oc7ccccc7c6c5)c5ccccc45)n3)cc2)cc1.c1ccc(-c2nc(-c3ccc(-c4cccc5oc6ccccc6c45)c4ccccc34)nc(-c3cccc4oc5ccccc5c34)n2)cc1. The lowest BCUT2D eigenvalue weighted by Crippen LogP contribution is -2.01. The van der Waals surface area contributed by atoms with Crippen LogP contribution in [-0.2, 0) is 0 Å². The molecule has 30 aromatic rings. The molecule has 0 saturated heterocycles. The normalized spacial score (nSPS) is 11.6. The molecule has 30 rings (SSSR count). The average Bonchev–Trinajstić information content (AvgIpc) is 1.42. The van der Waals surface area contributed by atoms with E-state index in [2.05, 4.69) is 388 Å². The number of hydrogen-bond donors (Lipinski definition) is 0. The molecule has 7 heterocycles. The van der Waals surface area contributed by atoms with Gasteiger partial charge in [-0.1, -0.05) is 413 Å². The highest BCUT2D eigenvalue weighted by Crippen LogP contribution is 2.47. The van der Waals surface area contributed by atoms with E-state index in [0.717, 1.165) is 225 Å². The first-order valence-corrected chi connectivity index (χ1v) is 50.2. The van der Waals surface area contributed by atoms with Crippen molar-refractivity contribution in [3.05, 3.63) is 504 Å². The van der Waals surface area contributed by atoms with Crippen molar-refractivity contribution in [1.82, 2.24) is 44.9 Å². The molecule has 0 saturated carbocycles. The van der Waals surface area contributed by atoms with Crippen molar-refractivity contribution in [2.24, 2.45) is 0 Å². The van der Waals surface area contributed by atoms with Crippen LogP contribution >= 0.6 is 0 Å². The molecule has 0 fully saturated rings. The smallest absolute Gasteiger partial charge is 0.164 e. The second-order valence-corrected chi connectivity index (χ2v) is 37.6. The van der Waals surface area contributed by atoms with Crippen LogP contribution in [0.2, 0.25) is 0 Å². The van der Waals surface area contributed by atoms with Crippen LogP contribution in [0.5, 0.6) is 0 Å². The topological polar surface area (TPSA) is 169 Å². The van der Waals surface area contributed by atoms with Crippen molar-refractivity contribution in [1.29, 1.82) is 0 Å². The molecule has 700 valence electrons. The van der Waals surface area contributed by atoms with E-state index in [-0.39, 0.29) is 0 Å². The van der Waals surface area contributed by atoms with Crippen LogP contribution in [0.4, 0.5) is 0 Å². The Morgan fingerprint density at radius 3 is 0.833 bits per heavy atom. The van der Waals surface area contributed by atoms with Crippen LogP contribution in [-0.4, -0.2) is 44.9 Å². The monoisotopic (exact) mass is 1920 g/mol. The van der Waals surface area contributed by atoms with Gasteiger partial charge in [0, 0.05) is 93.2 Å². The second-order valence-electron chi connectivity index (χ2n) is 37.6. The minimum absolute atomic E-state index is 0.596. The first kappa shape index (κ1) is 87.4. The first-order valence-electron chi connectivity index (χ1n) is 50.2. The molecule has 23 aromatic carbocycles. The van der Waals surface area contributed by atoms with Crippen molar-refractivity contribution in [2.75, 3.05) is 0 Å². The quantitative estimate of drug-likeness (QED) is 0.101. The van der Waals surface area contributed by atoms with Crippen LogP contribution in [0.3, 0.4) is 0 Å². The van der Waals surface area contributed by atoms with E-state index in [1.165, 1.54) is 21.9 Å². The fraction of sp³-hybridized carbons (Fsp3) is 0. The molecule has 0 spiro atoms. The van der Waals surface area contributed by atoms with Crippen molar-refractivity contribution in [3.63, 3.8) is 0 Å². The molecule has 0 atom stereocenters. The van der Waals surface area contributed by atoms with Gasteiger partial charge < -0.3 is 17.7 Å². The summed E-state index contributed by atoms with van der Waals surface area (Å²) in [6.45, 7) is 0. The molecule has 0 aliphatic carbocycles. The van der Waals surface area contributed by atoms with Gasteiger partial charge in [-0.2, -0.15) is 0 Å². The maximum Gasteiger partial charge on any atom is 0.164 e. The molecular weight excluding hydrogens is 1840 g/mol. The van der Waals surface area contributed by atoms with Crippen molar-refractivity contribution >= 4 is 142 Å². The minimum Gasteiger partial charge on any atom is -0.456 e. The Morgan fingerprint density at radius 2 is 0.367 bits per heavy atom. The van der Waals surface area contributed by atoms with Gasteiger partial charge in [0.25, 0.3) is 0 Å². The van der Waals surface area contributed by atoms with E-state index in [9.17, 15) is 0 Å². The number of rotatable bonds is 14. The maximum atomic E-state index is 6.26. The summed E-state index contributed by atoms with van der Waals surface area (Å²) < 4.78 is 24.9. The number of para-hydroxylation sites is 4. The van der Waals surface area contributed by atoms with Crippen LogP contribution in [0.15, 0.2) is 521 Å². The number of furan rings is 4. The summed E-state index contributed by atoms with van der Waals surface area (Å²) in [5.41, 5.74) is 26.7. The zero-order chi connectivity index (χ0) is 99.1. The van der Waals surface area contributed by atoms with Gasteiger partial charge in [0.05, 0.1) is 0 Å². The Balaban J connectivity index is 0.000000108. The van der Waals surface area contributed by atoms with Crippen molar-refractivity contribution < 1.29 is 17.7 Å². The Bertz CT molecular complexity index is 10600. The molecule has 13 nitrogen and oxygen atoms in total. The summed E-state index contributed by atoms with van der Waals surface area (Å²) >= 11 is 0. The van der Waals surface area contributed by atoms with Gasteiger partial charge >= 0.3 is 0 Å². The van der Waals surface area contributed by atoms with Gasteiger partial charge in [-0.3, -0.25) is 0 Å².